The van der Waals surface area contributed by atoms with Gasteiger partial charge in [0.05, 0.1) is 11.4 Å². The van der Waals surface area contributed by atoms with E-state index in [0.29, 0.717) is 5.75 Å². The van der Waals surface area contributed by atoms with Gasteiger partial charge in [0, 0.05) is 23.9 Å². The Morgan fingerprint density at radius 3 is 2.69 bits per heavy atom. The number of nitrogens with zero attached hydrogens (tertiary/aromatic N) is 1. The maximum Gasteiger partial charge on any atom is 0.240 e. The lowest BCUT2D eigenvalue weighted by Crippen LogP contribution is -2.44. The first-order chi connectivity index (χ1) is 12.6. The number of amides is 3. The summed E-state index contributed by atoms with van der Waals surface area (Å²) in [4.78, 5) is 38.8. The number of benzene rings is 1. The van der Waals surface area contributed by atoms with E-state index in [9.17, 15) is 14.4 Å². The van der Waals surface area contributed by atoms with Crippen LogP contribution in [0, 0.1) is 0 Å². The molecule has 3 amide bonds. The summed E-state index contributed by atoms with van der Waals surface area (Å²) in [6.45, 7) is 0.274. The molecule has 140 valence electrons. The van der Waals surface area contributed by atoms with Crippen LogP contribution in [0.5, 0.6) is 0 Å². The molecule has 0 saturated heterocycles. The van der Waals surface area contributed by atoms with E-state index in [-0.39, 0.29) is 43.3 Å². The molecule has 0 unspecified atom stereocenters. The van der Waals surface area contributed by atoms with Crippen molar-refractivity contribution in [3.8, 4) is 0 Å². The van der Waals surface area contributed by atoms with Crippen molar-refractivity contribution < 1.29 is 14.4 Å². The van der Waals surface area contributed by atoms with E-state index in [1.54, 1.807) is 0 Å². The van der Waals surface area contributed by atoms with Gasteiger partial charge in [0.1, 0.15) is 6.54 Å². The molecule has 1 aromatic carbocycles. The van der Waals surface area contributed by atoms with Gasteiger partial charge in [-0.05, 0) is 25.0 Å². The molecule has 1 saturated carbocycles. The molecule has 1 aliphatic heterocycles. The highest BCUT2D eigenvalue weighted by molar-refractivity contribution is 8.00. The van der Waals surface area contributed by atoms with Crippen molar-refractivity contribution in [1.29, 1.82) is 0 Å². The average Bonchev–Trinajstić information content (AvgIpc) is 2.65. The Hall–Kier alpha value is -2.02. The Kier molecular flexibility index (Phi) is 6.55. The van der Waals surface area contributed by atoms with E-state index in [4.69, 9.17) is 0 Å². The molecule has 0 bridgehead atoms. The molecule has 0 spiro atoms. The van der Waals surface area contributed by atoms with Crippen molar-refractivity contribution in [3.05, 3.63) is 24.3 Å². The van der Waals surface area contributed by atoms with Crippen molar-refractivity contribution in [3.63, 3.8) is 0 Å². The summed E-state index contributed by atoms with van der Waals surface area (Å²) < 4.78 is 0. The molecule has 1 aromatic rings. The number of nitrogens with one attached hydrogen (secondary N) is 2. The lowest BCUT2D eigenvalue weighted by atomic mass is 9.95. The molecule has 26 heavy (non-hydrogen) atoms. The third kappa shape index (κ3) is 5.00. The van der Waals surface area contributed by atoms with Crippen LogP contribution in [0.3, 0.4) is 0 Å². The van der Waals surface area contributed by atoms with E-state index < -0.39 is 0 Å². The highest BCUT2D eigenvalue weighted by atomic mass is 32.2. The van der Waals surface area contributed by atoms with Gasteiger partial charge in [-0.25, -0.2) is 0 Å². The van der Waals surface area contributed by atoms with Crippen molar-refractivity contribution >= 4 is 35.2 Å². The normalized spacial score (nSPS) is 17.5. The van der Waals surface area contributed by atoms with Gasteiger partial charge in [-0.1, -0.05) is 31.4 Å². The van der Waals surface area contributed by atoms with Crippen LogP contribution in [-0.2, 0) is 14.4 Å². The van der Waals surface area contributed by atoms with E-state index in [0.717, 1.165) is 23.4 Å². The monoisotopic (exact) mass is 375 g/mol. The Bertz CT molecular complexity index is 674. The minimum Gasteiger partial charge on any atom is -0.354 e. The first kappa shape index (κ1) is 18.8. The summed E-state index contributed by atoms with van der Waals surface area (Å²) in [5.74, 6) is 0.00562. The number of rotatable bonds is 6. The average molecular weight is 375 g/mol. The molecule has 1 fully saturated rings. The highest BCUT2D eigenvalue weighted by Gasteiger charge is 2.26. The third-order valence-electron chi connectivity index (χ3n) is 4.75. The first-order valence-electron chi connectivity index (χ1n) is 9.22. The summed E-state index contributed by atoms with van der Waals surface area (Å²) >= 11 is 1.49. The van der Waals surface area contributed by atoms with Gasteiger partial charge >= 0.3 is 0 Å². The SMILES string of the molecule is O=C(CN1C(=O)CSc2ccccc21)NCCC(=O)NC1CCCCC1. The number of hydrogen-bond acceptors (Lipinski definition) is 4. The number of carbonyl (C=O) groups excluding carboxylic acids is 3. The van der Waals surface area contributed by atoms with Gasteiger partial charge in [0.2, 0.25) is 17.7 Å². The fourth-order valence-corrected chi connectivity index (χ4v) is 4.32. The summed E-state index contributed by atoms with van der Waals surface area (Å²) in [5, 5.41) is 5.79. The van der Waals surface area contributed by atoms with Gasteiger partial charge in [0.15, 0.2) is 0 Å². The van der Waals surface area contributed by atoms with Gasteiger partial charge in [0.25, 0.3) is 0 Å². The standard InChI is InChI=1S/C19H25N3O3S/c23-17(21-14-6-2-1-3-7-14)10-11-20-18(24)12-22-15-8-4-5-9-16(15)26-13-19(22)25/h4-5,8-9,14H,1-3,6-7,10-13H2,(H,20,24)(H,21,23). The van der Waals surface area contributed by atoms with Crippen molar-refractivity contribution in [1.82, 2.24) is 10.6 Å². The number of hydrogen-bond donors (Lipinski definition) is 2. The fraction of sp³-hybridized carbons (Fsp3) is 0.526. The zero-order valence-corrected chi connectivity index (χ0v) is 15.6. The molecule has 0 atom stereocenters. The van der Waals surface area contributed by atoms with Crippen molar-refractivity contribution in [2.45, 2.75) is 49.5 Å². The first-order valence-corrected chi connectivity index (χ1v) is 10.2. The fourth-order valence-electron chi connectivity index (χ4n) is 3.39. The van der Waals surface area contributed by atoms with E-state index >= 15 is 0 Å². The smallest absolute Gasteiger partial charge is 0.240 e. The van der Waals surface area contributed by atoms with Crippen LogP contribution >= 0.6 is 11.8 Å². The van der Waals surface area contributed by atoms with Gasteiger partial charge in [-0.3, -0.25) is 14.4 Å². The lowest BCUT2D eigenvalue weighted by Gasteiger charge is -2.28. The second-order valence-corrected chi connectivity index (χ2v) is 7.76. The minimum atomic E-state index is -0.245. The molecule has 7 heteroatoms. The molecule has 2 N–H and O–H groups in total. The number of fused-ring (bicyclic) bond motifs is 1. The Balaban J connectivity index is 1.43. The van der Waals surface area contributed by atoms with Gasteiger partial charge in [-0.15, -0.1) is 11.8 Å². The van der Waals surface area contributed by atoms with E-state index in [1.165, 1.54) is 35.9 Å². The summed E-state index contributed by atoms with van der Waals surface area (Å²) in [6.07, 6.45) is 5.96. The molecule has 2 aliphatic rings. The van der Waals surface area contributed by atoms with E-state index in [1.807, 2.05) is 24.3 Å². The largest absolute Gasteiger partial charge is 0.354 e. The second kappa shape index (κ2) is 9.07. The van der Waals surface area contributed by atoms with Crippen LogP contribution < -0.4 is 15.5 Å². The van der Waals surface area contributed by atoms with Gasteiger partial charge < -0.3 is 15.5 Å². The molecule has 6 nitrogen and oxygen atoms in total. The highest BCUT2D eigenvalue weighted by Crippen LogP contribution is 2.34. The molecular formula is C19H25N3O3S. The molecular weight excluding hydrogens is 350 g/mol. The van der Waals surface area contributed by atoms with Crippen LogP contribution in [0.25, 0.3) is 0 Å². The van der Waals surface area contributed by atoms with Crippen LogP contribution in [0.4, 0.5) is 5.69 Å². The lowest BCUT2D eigenvalue weighted by molar-refractivity contribution is -0.124. The number of anilines is 1. The summed E-state index contributed by atoms with van der Waals surface area (Å²) in [5.41, 5.74) is 0.777. The second-order valence-electron chi connectivity index (χ2n) is 6.74. The van der Waals surface area contributed by atoms with Crippen LogP contribution in [0.1, 0.15) is 38.5 Å². The summed E-state index contributed by atoms with van der Waals surface area (Å²) in [6, 6.07) is 7.87. The Morgan fingerprint density at radius 1 is 1.12 bits per heavy atom. The number of thioether (sulfide) groups is 1. The number of para-hydroxylation sites is 1. The third-order valence-corrected chi connectivity index (χ3v) is 5.80. The maximum atomic E-state index is 12.2. The molecule has 1 heterocycles. The van der Waals surface area contributed by atoms with Crippen molar-refractivity contribution in [2.24, 2.45) is 0 Å². The van der Waals surface area contributed by atoms with Crippen LogP contribution in [0.2, 0.25) is 0 Å². The molecule has 3 rings (SSSR count). The molecule has 0 aromatic heterocycles. The zero-order valence-electron chi connectivity index (χ0n) is 14.8. The minimum absolute atomic E-state index is 0.0132. The maximum absolute atomic E-state index is 12.2. The Morgan fingerprint density at radius 2 is 1.88 bits per heavy atom. The predicted octanol–water partition coefficient (Wildman–Crippen LogP) is 2.08. The van der Waals surface area contributed by atoms with Crippen molar-refractivity contribution in [2.75, 3.05) is 23.7 Å². The molecule has 1 aliphatic carbocycles. The number of carbonyl (C=O) groups is 3. The molecule has 0 radical (unpaired) electrons. The summed E-state index contributed by atoms with van der Waals surface area (Å²) in [7, 11) is 0. The van der Waals surface area contributed by atoms with Crippen LogP contribution in [-0.4, -0.2) is 42.6 Å². The predicted molar refractivity (Wildman–Crippen MR) is 102 cm³/mol. The van der Waals surface area contributed by atoms with Gasteiger partial charge in [-0.2, -0.15) is 0 Å². The Labute approximate surface area is 158 Å². The van der Waals surface area contributed by atoms with Crippen LogP contribution in [0.15, 0.2) is 29.2 Å². The quantitative estimate of drug-likeness (QED) is 0.798. The zero-order chi connectivity index (χ0) is 18.4. The van der Waals surface area contributed by atoms with E-state index in [2.05, 4.69) is 10.6 Å². The topological polar surface area (TPSA) is 78.5 Å².